The summed E-state index contributed by atoms with van der Waals surface area (Å²) in [6.07, 6.45) is 0.476. The summed E-state index contributed by atoms with van der Waals surface area (Å²) >= 11 is 0. The van der Waals surface area contributed by atoms with E-state index in [1.165, 1.54) is 0 Å². The zero-order chi connectivity index (χ0) is 24.8. The number of carbonyl (C=O) groups excluding carboxylic acids is 2. The van der Waals surface area contributed by atoms with Crippen LogP contribution >= 0.6 is 0 Å². The number of benzene rings is 3. The number of carbonyl (C=O) groups is 2. The number of hydrogen-bond acceptors (Lipinski definition) is 4. The Hall–Kier alpha value is -4.26. The first-order valence-corrected chi connectivity index (χ1v) is 12.0. The number of para-hydroxylation sites is 1. The summed E-state index contributed by atoms with van der Waals surface area (Å²) in [6, 6.07) is 22.5. The standard InChI is InChI=1S/C29H27N3O4/c1-35-20-12-10-18(11-13-20)16-31-17-26(33)32-25(29(31)34)15-23-22-8-3-4-9-24(22)30-27(23)28(32)19-6-5-7-21(14-19)36-2/h3-14,25,28,30H,15-17H2,1-2H3/t25-,28+/m0/s1. The van der Waals surface area contributed by atoms with E-state index in [2.05, 4.69) is 11.1 Å². The summed E-state index contributed by atoms with van der Waals surface area (Å²) < 4.78 is 10.7. The number of rotatable bonds is 5. The van der Waals surface area contributed by atoms with Crippen LogP contribution < -0.4 is 9.47 Å². The van der Waals surface area contributed by atoms with Crippen molar-refractivity contribution in [1.82, 2.24) is 14.8 Å². The van der Waals surface area contributed by atoms with Gasteiger partial charge in [0.1, 0.15) is 24.1 Å². The number of ether oxygens (including phenoxy) is 2. The van der Waals surface area contributed by atoms with Gasteiger partial charge < -0.3 is 24.3 Å². The number of piperazine rings is 1. The average molecular weight is 482 g/mol. The average Bonchev–Trinajstić information content (AvgIpc) is 3.29. The number of fused-ring (bicyclic) bond motifs is 4. The summed E-state index contributed by atoms with van der Waals surface area (Å²) in [5.74, 6) is 1.37. The zero-order valence-corrected chi connectivity index (χ0v) is 20.2. The van der Waals surface area contributed by atoms with E-state index >= 15 is 0 Å². The molecule has 6 rings (SSSR count). The van der Waals surface area contributed by atoms with E-state index in [-0.39, 0.29) is 18.4 Å². The molecule has 0 saturated carbocycles. The molecule has 2 aliphatic rings. The third kappa shape index (κ3) is 3.59. The summed E-state index contributed by atoms with van der Waals surface area (Å²) in [6.45, 7) is 0.418. The van der Waals surface area contributed by atoms with Gasteiger partial charge in [-0.3, -0.25) is 9.59 Å². The first-order chi connectivity index (χ1) is 17.6. The van der Waals surface area contributed by atoms with Gasteiger partial charge in [0.15, 0.2) is 0 Å². The van der Waals surface area contributed by atoms with Crippen molar-refractivity contribution in [2.75, 3.05) is 20.8 Å². The van der Waals surface area contributed by atoms with Crippen molar-refractivity contribution >= 4 is 22.7 Å². The molecule has 1 N–H and O–H groups in total. The maximum Gasteiger partial charge on any atom is 0.246 e. The van der Waals surface area contributed by atoms with Crippen molar-refractivity contribution < 1.29 is 19.1 Å². The Morgan fingerprint density at radius 2 is 1.69 bits per heavy atom. The molecule has 0 bridgehead atoms. The fourth-order valence-electron chi connectivity index (χ4n) is 5.57. The maximum atomic E-state index is 13.9. The van der Waals surface area contributed by atoms with Crippen molar-refractivity contribution in [2.24, 2.45) is 0 Å². The predicted octanol–water partition coefficient (Wildman–Crippen LogP) is 4.07. The first kappa shape index (κ1) is 22.2. The molecule has 1 saturated heterocycles. The van der Waals surface area contributed by atoms with Crippen molar-refractivity contribution in [3.8, 4) is 11.5 Å². The van der Waals surface area contributed by atoms with Crippen molar-refractivity contribution in [2.45, 2.75) is 25.0 Å². The molecule has 1 aromatic heterocycles. The molecule has 0 aliphatic carbocycles. The highest BCUT2D eigenvalue weighted by atomic mass is 16.5. The minimum atomic E-state index is -0.576. The van der Waals surface area contributed by atoms with E-state index in [0.29, 0.717) is 18.7 Å². The van der Waals surface area contributed by atoms with E-state index < -0.39 is 12.1 Å². The van der Waals surface area contributed by atoms with Gasteiger partial charge in [-0.1, -0.05) is 42.5 Å². The topological polar surface area (TPSA) is 74.9 Å². The molecule has 36 heavy (non-hydrogen) atoms. The first-order valence-electron chi connectivity index (χ1n) is 12.0. The lowest BCUT2D eigenvalue weighted by Crippen LogP contribution is -2.62. The lowest BCUT2D eigenvalue weighted by Gasteiger charge is -2.47. The number of H-pyrrole nitrogens is 1. The van der Waals surface area contributed by atoms with Crippen LogP contribution in [-0.4, -0.2) is 53.4 Å². The van der Waals surface area contributed by atoms with E-state index in [0.717, 1.165) is 39.0 Å². The van der Waals surface area contributed by atoms with Crippen LogP contribution in [0.3, 0.4) is 0 Å². The van der Waals surface area contributed by atoms with Crippen LogP contribution in [0.15, 0.2) is 72.8 Å². The molecular weight excluding hydrogens is 454 g/mol. The molecule has 7 heteroatoms. The van der Waals surface area contributed by atoms with Gasteiger partial charge in [0, 0.05) is 29.6 Å². The van der Waals surface area contributed by atoms with Gasteiger partial charge in [-0.05, 0) is 47.0 Å². The van der Waals surface area contributed by atoms with Crippen LogP contribution in [0.4, 0.5) is 0 Å². The van der Waals surface area contributed by atoms with Gasteiger partial charge in [0.2, 0.25) is 11.8 Å². The highest BCUT2D eigenvalue weighted by molar-refractivity contribution is 5.97. The minimum absolute atomic E-state index is 0.0331. The number of nitrogens with zero attached hydrogens (tertiary/aromatic N) is 2. The Bertz CT molecular complexity index is 1460. The molecule has 0 spiro atoms. The lowest BCUT2D eigenvalue weighted by molar-refractivity contribution is -0.159. The second-order valence-electron chi connectivity index (χ2n) is 9.31. The van der Waals surface area contributed by atoms with Crippen LogP contribution in [0.1, 0.15) is 28.4 Å². The number of methoxy groups -OCH3 is 2. The smallest absolute Gasteiger partial charge is 0.246 e. The lowest BCUT2D eigenvalue weighted by atomic mass is 9.86. The third-order valence-electron chi connectivity index (χ3n) is 7.28. The SMILES string of the molecule is COc1ccc(CN2CC(=O)N3[C@H](c4cccc(OC)c4)c4[nH]c5ccccc5c4C[C@H]3C2=O)cc1. The Labute approximate surface area is 209 Å². The quantitative estimate of drug-likeness (QED) is 0.466. The van der Waals surface area contributed by atoms with Crippen LogP contribution in [0.2, 0.25) is 0 Å². The highest BCUT2D eigenvalue weighted by Gasteiger charge is 2.48. The van der Waals surface area contributed by atoms with Crippen molar-refractivity contribution in [1.29, 1.82) is 0 Å². The van der Waals surface area contributed by atoms with E-state index in [4.69, 9.17) is 9.47 Å². The summed E-state index contributed by atoms with van der Waals surface area (Å²) in [4.78, 5) is 34.6. The molecule has 7 nitrogen and oxygen atoms in total. The molecule has 0 unspecified atom stereocenters. The fraction of sp³-hybridized carbons (Fsp3) is 0.241. The molecule has 1 fully saturated rings. The van der Waals surface area contributed by atoms with Gasteiger partial charge in [-0.25, -0.2) is 0 Å². The summed E-state index contributed by atoms with van der Waals surface area (Å²) in [7, 11) is 3.25. The Morgan fingerprint density at radius 3 is 2.47 bits per heavy atom. The molecule has 0 radical (unpaired) electrons. The molecule has 182 valence electrons. The number of hydrogen-bond donors (Lipinski definition) is 1. The van der Waals surface area contributed by atoms with Crippen LogP contribution in [-0.2, 0) is 22.6 Å². The normalized spacial score (nSPS) is 19.3. The second kappa shape index (κ2) is 8.75. The third-order valence-corrected chi connectivity index (χ3v) is 7.28. The molecule has 2 aliphatic heterocycles. The second-order valence-corrected chi connectivity index (χ2v) is 9.31. The maximum absolute atomic E-state index is 13.9. The van der Waals surface area contributed by atoms with E-state index in [9.17, 15) is 9.59 Å². The fourth-order valence-corrected chi connectivity index (χ4v) is 5.57. The van der Waals surface area contributed by atoms with Gasteiger partial charge >= 0.3 is 0 Å². The number of amides is 2. The van der Waals surface area contributed by atoms with E-state index in [1.54, 1.807) is 24.0 Å². The van der Waals surface area contributed by atoms with E-state index in [1.807, 2.05) is 66.7 Å². The molecule has 2 amide bonds. The van der Waals surface area contributed by atoms with Crippen molar-refractivity contribution in [3.63, 3.8) is 0 Å². The number of aromatic amines is 1. The van der Waals surface area contributed by atoms with Gasteiger partial charge in [0.25, 0.3) is 0 Å². The number of nitrogens with one attached hydrogen (secondary N) is 1. The highest BCUT2D eigenvalue weighted by Crippen LogP contribution is 2.43. The summed E-state index contributed by atoms with van der Waals surface area (Å²) in [5, 5.41) is 1.09. The largest absolute Gasteiger partial charge is 0.497 e. The predicted molar refractivity (Wildman–Crippen MR) is 136 cm³/mol. The molecule has 3 aromatic carbocycles. The van der Waals surface area contributed by atoms with Crippen LogP contribution in [0.25, 0.3) is 10.9 Å². The van der Waals surface area contributed by atoms with Crippen LogP contribution in [0.5, 0.6) is 11.5 Å². The summed E-state index contributed by atoms with van der Waals surface area (Å²) in [5.41, 5.74) is 4.93. The van der Waals surface area contributed by atoms with Gasteiger partial charge in [0.05, 0.1) is 20.3 Å². The molecule has 2 atom stereocenters. The minimum Gasteiger partial charge on any atom is -0.497 e. The molecular formula is C29H27N3O4. The molecule has 4 aromatic rings. The van der Waals surface area contributed by atoms with Crippen molar-refractivity contribution in [3.05, 3.63) is 95.2 Å². The Morgan fingerprint density at radius 1 is 0.917 bits per heavy atom. The molecule has 3 heterocycles. The van der Waals surface area contributed by atoms with Crippen LogP contribution in [0, 0.1) is 0 Å². The van der Waals surface area contributed by atoms with Gasteiger partial charge in [-0.15, -0.1) is 0 Å². The monoisotopic (exact) mass is 481 g/mol. The Kier molecular flexibility index (Phi) is 5.40. The zero-order valence-electron chi connectivity index (χ0n) is 20.2. The number of aromatic nitrogens is 1. The Balaban J connectivity index is 1.42. The van der Waals surface area contributed by atoms with Gasteiger partial charge in [-0.2, -0.15) is 0 Å².